The molecule has 2 N–H and O–H groups in total. The van der Waals surface area contributed by atoms with Gasteiger partial charge in [-0.05, 0) is 55.1 Å². The van der Waals surface area contributed by atoms with Crippen LogP contribution in [0.1, 0.15) is 18.4 Å². The molecule has 0 saturated carbocycles. The maximum atomic E-state index is 12.3. The Balaban J connectivity index is 1.32. The highest BCUT2D eigenvalue weighted by atomic mass is 32.2. The lowest BCUT2D eigenvalue weighted by atomic mass is 10.0. The van der Waals surface area contributed by atoms with Crippen LogP contribution in [0.25, 0.3) is 11.1 Å². The molecule has 0 bridgehead atoms. The van der Waals surface area contributed by atoms with Gasteiger partial charge in [-0.2, -0.15) is 0 Å². The Hall–Kier alpha value is -2.74. The van der Waals surface area contributed by atoms with Gasteiger partial charge in [0.05, 0.1) is 11.1 Å². The summed E-state index contributed by atoms with van der Waals surface area (Å²) in [6.45, 7) is 2.11. The molecule has 2 heterocycles. The number of nitrogens with zero attached hydrogens (tertiary/aromatic N) is 1. The van der Waals surface area contributed by atoms with Gasteiger partial charge in [-0.1, -0.05) is 42.5 Å². The smallest absolute Gasteiger partial charge is 0.240 e. The third-order valence-corrected chi connectivity index (χ3v) is 6.82. The molecule has 2 aromatic carbocycles. The van der Waals surface area contributed by atoms with Crippen molar-refractivity contribution in [3.05, 3.63) is 78.6 Å². The Bertz CT molecular complexity index is 1100. The van der Waals surface area contributed by atoms with Gasteiger partial charge in [0.15, 0.2) is 0 Å². The number of sulfonamides is 1. The largest absolute Gasteiger partial charge is 0.490 e. The lowest BCUT2D eigenvalue weighted by Crippen LogP contribution is -2.46. The minimum absolute atomic E-state index is 0.291. The van der Waals surface area contributed by atoms with Crippen molar-refractivity contribution in [2.45, 2.75) is 30.2 Å². The first kappa shape index (κ1) is 21.5. The van der Waals surface area contributed by atoms with E-state index in [-0.39, 0.29) is 0 Å². The quantitative estimate of drug-likeness (QED) is 0.475. The maximum absolute atomic E-state index is 12.3. The molecule has 0 unspecified atom stereocenters. The zero-order valence-electron chi connectivity index (χ0n) is 17.3. The van der Waals surface area contributed by atoms with Crippen molar-refractivity contribution >= 4 is 10.0 Å². The number of hydrogen-bond donors (Lipinski definition) is 2. The van der Waals surface area contributed by atoms with Gasteiger partial charge >= 0.3 is 0 Å². The van der Waals surface area contributed by atoms with Crippen molar-refractivity contribution in [3.63, 3.8) is 0 Å². The molecular formula is C24H27N3O3S. The molecule has 162 valence electrons. The van der Waals surface area contributed by atoms with Gasteiger partial charge in [-0.3, -0.25) is 4.98 Å². The van der Waals surface area contributed by atoms with E-state index in [0.29, 0.717) is 30.5 Å². The molecule has 4 rings (SSSR count). The van der Waals surface area contributed by atoms with Gasteiger partial charge in [0, 0.05) is 24.3 Å². The van der Waals surface area contributed by atoms with Crippen LogP contribution >= 0.6 is 0 Å². The van der Waals surface area contributed by atoms with Gasteiger partial charge in [0.1, 0.15) is 12.4 Å². The number of ether oxygens (including phenoxy) is 1. The van der Waals surface area contributed by atoms with Gasteiger partial charge in [-0.25, -0.2) is 13.1 Å². The van der Waals surface area contributed by atoms with Crippen LogP contribution < -0.4 is 14.8 Å². The first-order valence-corrected chi connectivity index (χ1v) is 12.0. The zero-order valence-corrected chi connectivity index (χ0v) is 18.1. The Morgan fingerprint density at radius 3 is 2.65 bits per heavy atom. The molecule has 1 aliphatic rings. The number of pyridine rings is 1. The molecule has 0 amide bonds. The van der Waals surface area contributed by atoms with Gasteiger partial charge in [-0.15, -0.1) is 0 Å². The summed E-state index contributed by atoms with van der Waals surface area (Å²) >= 11 is 0. The Labute approximate surface area is 183 Å². The number of nitrogens with one attached hydrogen (secondary N) is 2. The summed E-state index contributed by atoms with van der Waals surface area (Å²) in [5.74, 6) is 0.770. The molecule has 6 nitrogen and oxygen atoms in total. The first-order chi connectivity index (χ1) is 15.1. The predicted molar refractivity (Wildman–Crippen MR) is 122 cm³/mol. The molecule has 1 fully saturated rings. The van der Waals surface area contributed by atoms with Crippen LogP contribution in [-0.2, 0) is 16.4 Å². The Morgan fingerprint density at radius 2 is 1.87 bits per heavy atom. The molecular weight excluding hydrogens is 410 g/mol. The Kier molecular flexibility index (Phi) is 6.96. The van der Waals surface area contributed by atoms with E-state index in [4.69, 9.17) is 4.74 Å². The second kappa shape index (κ2) is 10.0. The van der Waals surface area contributed by atoms with Crippen molar-refractivity contribution < 1.29 is 13.2 Å². The lowest BCUT2D eigenvalue weighted by Gasteiger charge is -2.27. The van der Waals surface area contributed by atoms with Crippen molar-refractivity contribution in [3.8, 4) is 16.9 Å². The first-order valence-electron chi connectivity index (χ1n) is 10.6. The number of aromatic nitrogens is 1. The highest BCUT2D eigenvalue weighted by Crippen LogP contribution is 2.24. The summed E-state index contributed by atoms with van der Waals surface area (Å²) < 4.78 is 33.1. The molecule has 0 spiro atoms. The predicted octanol–water partition coefficient (Wildman–Crippen LogP) is 3.40. The fraction of sp³-hybridized carbons (Fsp3) is 0.292. The van der Waals surface area contributed by atoms with Gasteiger partial charge in [0.25, 0.3) is 0 Å². The van der Waals surface area contributed by atoms with E-state index in [1.54, 1.807) is 36.5 Å². The van der Waals surface area contributed by atoms with Crippen LogP contribution in [0.15, 0.2) is 78.0 Å². The van der Waals surface area contributed by atoms with Gasteiger partial charge < -0.3 is 10.1 Å². The van der Waals surface area contributed by atoms with Crippen molar-refractivity contribution in [1.82, 2.24) is 15.0 Å². The average molecular weight is 438 g/mol. The molecule has 1 aromatic heterocycles. The minimum Gasteiger partial charge on any atom is -0.490 e. The van der Waals surface area contributed by atoms with Crippen LogP contribution in [-0.4, -0.2) is 39.1 Å². The van der Waals surface area contributed by atoms with Crippen molar-refractivity contribution in [1.29, 1.82) is 0 Å². The molecule has 3 aromatic rings. The number of aryl methyl sites for hydroxylation is 1. The topological polar surface area (TPSA) is 80.3 Å². The average Bonchev–Trinajstić information content (AvgIpc) is 2.77. The fourth-order valence-electron chi connectivity index (χ4n) is 3.43. The number of rotatable bonds is 10. The molecule has 1 saturated heterocycles. The van der Waals surface area contributed by atoms with E-state index < -0.39 is 10.0 Å². The van der Waals surface area contributed by atoms with Crippen molar-refractivity contribution in [2.75, 3.05) is 19.7 Å². The summed E-state index contributed by atoms with van der Waals surface area (Å²) in [6, 6.07) is 19.1. The normalized spacial score (nSPS) is 15.9. The standard InChI is InChI=1S/C24H27N3O3S/c28-31(29,24-9-2-1-3-10-24)27-12-5-7-19-6-4-8-20(14-19)21-15-23(17-25-16-21)30-18-22-11-13-26-22/h1-4,6,8-10,14-17,22,26-27H,5,7,11-13,18H2/t22-/m0/s1. The molecule has 0 radical (unpaired) electrons. The molecule has 1 atom stereocenters. The number of hydrogen-bond acceptors (Lipinski definition) is 5. The SMILES string of the molecule is O=S(=O)(NCCCc1cccc(-c2cncc(OC[C@@H]3CCN3)c2)c1)c1ccccc1. The van der Waals surface area contributed by atoms with E-state index in [1.165, 1.54) is 0 Å². The molecule has 1 aliphatic heterocycles. The molecule has 0 aliphatic carbocycles. The van der Waals surface area contributed by atoms with Gasteiger partial charge in [0.2, 0.25) is 10.0 Å². The lowest BCUT2D eigenvalue weighted by molar-refractivity contribution is 0.217. The summed E-state index contributed by atoms with van der Waals surface area (Å²) in [5, 5.41) is 3.32. The van der Waals surface area contributed by atoms with E-state index >= 15 is 0 Å². The van der Waals surface area contributed by atoms with E-state index in [1.807, 2.05) is 18.3 Å². The second-order valence-corrected chi connectivity index (χ2v) is 9.44. The highest BCUT2D eigenvalue weighted by molar-refractivity contribution is 7.89. The minimum atomic E-state index is -3.46. The summed E-state index contributed by atoms with van der Waals surface area (Å²) in [6.07, 6.45) is 6.22. The third-order valence-electron chi connectivity index (χ3n) is 5.34. The van der Waals surface area contributed by atoms with Crippen LogP contribution in [0.3, 0.4) is 0 Å². The van der Waals surface area contributed by atoms with Crippen LogP contribution in [0.2, 0.25) is 0 Å². The third kappa shape index (κ3) is 5.91. The van der Waals surface area contributed by atoms with E-state index in [9.17, 15) is 8.42 Å². The van der Waals surface area contributed by atoms with E-state index in [0.717, 1.165) is 41.8 Å². The van der Waals surface area contributed by atoms with Crippen LogP contribution in [0.4, 0.5) is 0 Å². The summed E-state index contributed by atoms with van der Waals surface area (Å²) in [7, 11) is -3.46. The van der Waals surface area contributed by atoms with Crippen LogP contribution in [0.5, 0.6) is 5.75 Å². The second-order valence-electron chi connectivity index (χ2n) is 7.67. The summed E-state index contributed by atoms with van der Waals surface area (Å²) in [4.78, 5) is 4.61. The van der Waals surface area contributed by atoms with E-state index in [2.05, 4.69) is 33.2 Å². The Morgan fingerprint density at radius 1 is 1.03 bits per heavy atom. The summed E-state index contributed by atoms with van der Waals surface area (Å²) in [5.41, 5.74) is 3.23. The monoisotopic (exact) mass is 437 g/mol. The molecule has 31 heavy (non-hydrogen) atoms. The highest BCUT2D eigenvalue weighted by Gasteiger charge is 2.17. The maximum Gasteiger partial charge on any atom is 0.240 e. The fourth-order valence-corrected chi connectivity index (χ4v) is 4.53. The number of benzene rings is 2. The van der Waals surface area contributed by atoms with Crippen LogP contribution in [0, 0.1) is 0 Å². The zero-order chi connectivity index (χ0) is 21.5. The van der Waals surface area contributed by atoms with Crippen molar-refractivity contribution in [2.24, 2.45) is 0 Å². The molecule has 7 heteroatoms.